The third-order valence-corrected chi connectivity index (χ3v) is 0.779. The summed E-state index contributed by atoms with van der Waals surface area (Å²) in [4.78, 5) is 13.4. The highest BCUT2D eigenvalue weighted by Crippen LogP contribution is 1.92. The van der Waals surface area contributed by atoms with E-state index in [2.05, 4.69) is 9.40 Å². The maximum atomic E-state index is 9.86. The molecule has 1 rings (SSSR count). The van der Waals surface area contributed by atoms with Gasteiger partial charge in [0, 0.05) is 0 Å². The van der Waals surface area contributed by atoms with Gasteiger partial charge in [0.2, 0.25) is 0 Å². The summed E-state index contributed by atoms with van der Waals surface area (Å²) in [6.07, 6.45) is 2.45. The van der Waals surface area contributed by atoms with Crippen LogP contribution in [0, 0.1) is 0 Å². The molecule has 0 atom stereocenters. The minimum atomic E-state index is -1.18. The zero-order chi connectivity index (χ0) is 6.69. The number of carboxylic acids is 1. The lowest BCUT2D eigenvalue weighted by Gasteiger charge is -1.93. The number of aromatic nitrogens is 1. The molecule has 0 N–H and O–H groups in total. The number of carbonyl (C=O) groups excluding carboxylic acids is 1. The number of aliphatic carboxylic acids is 1. The van der Waals surface area contributed by atoms with Crippen molar-refractivity contribution in [3.05, 3.63) is 18.4 Å². The van der Waals surface area contributed by atoms with Gasteiger partial charge < -0.3 is 14.3 Å². The van der Waals surface area contributed by atoms with E-state index in [9.17, 15) is 9.90 Å². The topological polar surface area (TPSA) is 66.2 Å². The van der Waals surface area contributed by atoms with Crippen LogP contribution in [-0.4, -0.2) is 11.0 Å². The van der Waals surface area contributed by atoms with Gasteiger partial charge in [-0.25, -0.2) is 4.98 Å². The van der Waals surface area contributed by atoms with E-state index in [0.717, 1.165) is 0 Å². The number of hydrogen-bond acceptors (Lipinski definition) is 4. The zero-order valence-corrected chi connectivity index (χ0v) is 4.53. The van der Waals surface area contributed by atoms with Crippen LogP contribution in [0.25, 0.3) is 0 Å². The third kappa shape index (κ3) is 1.56. The van der Waals surface area contributed by atoms with Crippen LogP contribution in [0.5, 0.6) is 0 Å². The lowest BCUT2D eigenvalue weighted by atomic mass is 10.4. The first-order valence-electron chi connectivity index (χ1n) is 2.37. The number of rotatable bonds is 2. The van der Waals surface area contributed by atoms with Crippen molar-refractivity contribution in [2.24, 2.45) is 0 Å². The summed E-state index contributed by atoms with van der Waals surface area (Å²) < 4.78 is 4.61. The number of carbonyl (C=O) groups is 1. The summed E-state index contributed by atoms with van der Waals surface area (Å²) in [6.45, 7) is 0. The molecular formula is C5H4NO3-. The minimum absolute atomic E-state index is 0.176. The summed E-state index contributed by atoms with van der Waals surface area (Å²) >= 11 is 0. The van der Waals surface area contributed by atoms with E-state index in [-0.39, 0.29) is 12.3 Å². The van der Waals surface area contributed by atoms with Gasteiger partial charge >= 0.3 is 0 Å². The predicted octanol–water partition coefficient (Wildman–Crippen LogP) is -1.03. The van der Waals surface area contributed by atoms with Crippen molar-refractivity contribution in [2.75, 3.05) is 0 Å². The highest BCUT2D eigenvalue weighted by atomic mass is 16.4. The van der Waals surface area contributed by atoms with E-state index in [0.29, 0.717) is 0 Å². The average Bonchev–Trinajstić information content (AvgIpc) is 2.15. The summed E-state index contributed by atoms with van der Waals surface area (Å²) in [5.41, 5.74) is 0. The molecule has 0 aliphatic carbocycles. The lowest BCUT2D eigenvalue weighted by molar-refractivity contribution is -0.305. The van der Waals surface area contributed by atoms with Crippen LogP contribution in [0.1, 0.15) is 5.89 Å². The van der Waals surface area contributed by atoms with Gasteiger partial charge in [-0.1, -0.05) is 0 Å². The maximum absolute atomic E-state index is 9.86. The molecule has 0 saturated heterocycles. The molecule has 0 radical (unpaired) electrons. The Morgan fingerprint density at radius 1 is 1.89 bits per heavy atom. The van der Waals surface area contributed by atoms with Gasteiger partial charge in [-0.2, -0.15) is 0 Å². The van der Waals surface area contributed by atoms with Gasteiger partial charge in [0.05, 0.1) is 18.6 Å². The van der Waals surface area contributed by atoms with E-state index < -0.39 is 5.97 Å². The molecular weight excluding hydrogens is 122 g/mol. The molecule has 0 aromatic carbocycles. The molecule has 0 aliphatic heterocycles. The first-order chi connectivity index (χ1) is 4.29. The van der Waals surface area contributed by atoms with Gasteiger partial charge in [0.15, 0.2) is 5.89 Å². The zero-order valence-electron chi connectivity index (χ0n) is 4.53. The van der Waals surface area contributed by atoms with Gasteiger partial charge in [0.25, 0.3) is 0 Å². The van der Waals surface area contributed by atoms with Crippen molar-refractivity contribution in [1.82, 2.24) is 4.98 Å². The Bertz CT molecular complexity index is 192. The Hall–Kier alpha value is -1.32. The van der Waals surface area contributed by atoms with E-state index in [1.54, 1.807) is 0 Å². The second-order valence-corrected chi connectivity index (χ2v) is 1.47. The molecule has 0 aliphatic rings. The van der Waals surface area contributed by atoms with Crippen LogP contribution < -0.4 is 5.11 Å². The van der Waals surface area contributed by atoms with Crippen molar-refractivity contribution in [3.8, 4) is 0 Å². The molecule has 0 bridgehead atoms. The number of hydrogen-bond donors (Lipinski definition) is 0. The molecule has 0 amide bonds. The predicted molar refractivity (Wildman–Crippen MR) is 25.2 cm³/mol. The fourth-order valence-corrected chi connectivity index (χ4v) is 0.464. The van der Waals surface area contributed by atoms with Gasteiger partial charge in [-0.05, 0) is 0 Å². The normalized spacial score (nSPS) is 9.33. The van der Waals surface area contributed by atoms with Gasteiger partial charge in [-0.3, -0.25) is 0 Å². The molecule has 1 aromatic rings. The molecule has 0 spiro atoms. The van der Waals surface area contributed by atoms with Crippen LogP contribution in [0.3, 0.4) is 0 Å². The largest absolute Gasteiger partial charge is 0.550 e. The molecule has 4 nitrogen and oxygen atoms in total. The summed E-state index contributed by atoms with van der Waals surface area (Å²) in [7, 11) is 0. The molecule has 0 unspecified atom stereocenters. The highest BCUT2D eigenvalue weighted by molar-refractivity contribution is 5.66. The number of oxazole rings is 1. The van der Waals surface area contributed by atoms with Crippen molar-refractivity contribution in [2.45, 2.75) is 6.42 Å². The molecule has 0 saturated carbocycles. The minimum Gasteiger partial charge on any atom is -0.550 e. The van der Waals surface area contributed by atoms with Gasteiger partial charge in [0.1, 0.15) is 6.26 Å². The average molecular weight is 126 g/mol. The van der Waals surface area contributed by atoms with Crippen molar-refractivity contribution < 1.29 is 14.3 Å². The third-order valence-electron chi connectivity index (χ3n) is 0.779. The lowest BCUT2D eigenvalue weighted by Crippen LogP contribution is -2.24. The second-order valence-electron chi connectivity index (χ2n) is 1.47. The Balaban J connectivity index is 2.58. The fraction of sp³-hybridized carbons (Fsp3) is 0.200. The Morgan fingerprint density at radius 2 is 2.67 bits per heavy atom. The standard InChI is InChI=1S/C5H5NO3/c7-5(8)3-4-6-1-2-9-4/h1-2H,3H2,(H,7,8)/p-1. The van der Waals surface area contributed by atoms with Crippen LogP contribution in [-0.2, 0) is 11.2 Å². The molecule has 0 fully saturated rings. The summed E-state index contributed by atoms with van der Waals surface area (Å²) in [6, 6.07) is 0. The number of carboxylic acid groups (broad SMARTS) is 1. The number of nitrogens with zero attached hydrogens (tertiary/aromatic N) is 1. The monoisotopic (exact) mass is 126 g/mol. The quantitative estimate of drug-likeness (QED) is 0.508. The molecule has 48 valence electrons. The smallest absolute Gasteiger partial charge is 0.199 e. The SMILES string of the molecule is O=C([O-])Cc1ncco1. The van der Waals surface area contributed by atoms with Crippen LogP contribution in [0.2, 0.25) is 0 Å². The van der Waals surface area contributed by atoms with Gasteiger partial charge in [-0.15, -0.1) is 0 Å². The van der Waals surface area contributed by atoms with Crippen molar-refractivity contribution >= 4 is 5.97 Å². The highest BCUT2D eigenvalue weighted by Gasteiger charge is 1.94. The van der Waals surface area contributed by atoms with Crippen LogP contribution in [0.4, 0.5) is 0 Å². The van der Waals surface area contributed by atoms with E-state index in [1.165, 1.54) is 12.5 Å². The fourth-order valence-electron chi connectivity index (χ4n) is 0.464. The van der Waals surface area contributed by atoms with Crippen molar-refractivity contribution in [1.29, 1.82) is 0 Å². The molecule has 1 aromatic heterocycles. The molecule has 4 heteroatoms. The molecule has 1 heterocycles. The second kappa shape index (κ2) is 2.30. The van der Waals surface area contributed by atoms with E-state index in [1.807, 2.05) is 0 Å². The summed E-state index contributed by atoms with van der Waals surface area (Å²) in [5, 5.41) is 9.86. The van der Waals surface area contributed by atoms with Crippen LogP contribution >= 0.6 is 0 Å². The first-order valence-corrected chi connectivity index (χ1v) is 2.37. The van der Waals surface area contributed by atoms with E-state index >= 15 is 0 Å². The van der Waals surface area contributed by atoms with Crippen LogP contribution in [0.15, 0.2) is 16.9 Å². The maximum Gasteiger partial charge on any atom is 0.199 e. The Morgan fingerprint density at radius 3 is 3.11 bits per heavy atom. The molecule has 9 heavy (non-hydrogen) atoms. The first kappa shape index (κ1) is 5.81. The van der Waals surface area contributed by atoms with E-state index in [4.69, 9.17) is 0 Å². The summed E-state index contributed by atoms with van der Waals surface area (Å²) in [5.74, 6) is -1.01. The Labute approximate surface area is 51.1 Å². The Kier molecular flexibility index (Phi) is 1.48. The van der Waals surface area contributed by atoms with Crippen molar-refractivity contribution in [3.63, 3.8) is 0 Å².